The van der Waals surface area contributed by atoms with Gasteiger partial charge in [-0.3, -0.25) is 4.79 Å². The molecule has 7 heteroatoms. The van der Waals surface area contributed by atoms with Crippen molar-refractivity contribution in [1.29, 1.82) is 0 Å². The first-order valence-electron chi connectivity index (χ1n) is 10.5. The van der Waals surface area contributed by atoms with E-state index in [0.29, 0.717) is 6.54 Å². The van der Waals surface area contributed by atoms with E-state index in [1.165, 1.54) is 10.4 Å². The third kappa shape index (κ3) is 3.47. The van der Waals surface area contributed by atoms with Crippen LogP contribution < -0.4 is 10.6 Å². The maximum Gasteiger partial charge on any atom is 0.261 e. The number of nitrogens with zero attached hydrogens (tertiary/aromatic N) is 2. The van der Waals surface area contributed by atoms with Gasteiger partial charge in [-0.15, -0.1) is 11.3 Å². The second-order valence-corrected chi connectivity index (χ2v) is 9.02. The number of carbonyl (C=O) groups is 1. The number of piperidine rings is 1. The molecule has 156 valence electrons. The standard InChI is InChI=1S/C23H26N4O2S/c1-16-25-11-12-27(16)19-5-3-2-4-18(19)15-26-22(28)20-14-17-6-13-29-23(21(17)30-20)7-9-24-10-8-23/h2-5,11-12,14,24H,6-10,13,15H2,1H3,(H,26,28). The molecule has 0 bridgehead atoms. The highest BCUT2D eigenvalue weighted by Gasteiger charge is 2.41. The number of rotatable bonds is 4. The third-order valence-electron chi connectivity index (χ3n) is 6.12. The third-order valence-corrected chi connectivity index (χ3v) is 7.49. The van der Waals surface area contributed by atoms with Gasteiger partial charge in [0.25, 0.3) is 5.91 Å². The summed E-state index contributed by atoms with van der Waals surface area (Å²) in [6.45, 7) is 5.11. The van der Waals surface area contributed by atoms with E-state index >= 15 is 0 Å². The molecule has 2 aliphatic heterocycles. The van der Waals surface area contributed by atoms with Crippen LogP contribution in [0, 0.1) is 6.92 Å². The van der Waals surface area contributed by atoms with Crippen molar-refractivity contribution in [2.45, 2.75) is 38.3 Å². The molecule has 0 unspecified atom stereocenters. The molecule has 30 heavy (non-hydrogen) atoms. The minimum Gasteiger partial charge on any atom is -0.369 e. The Morgan fingerprint density at radius 3 is 2.97 bits per heavy atom. The van der Waals surface area contributed by atoms with Gasteiger partial charge in [0.05, 0.1) is 17.2 Å². The van der Waals surface area contributed by atoms with Crippen LogP contribution in [0.5, 0.6) is 0 Å². The minimum atomic E-state index is -0.201. The van der Waals surface area contributed by atoms with Gasteiger partial charge in [0, 0.05) is 23.8 Å². The number of ether oxygens (including phenoxy) is 1. The number of para-hydroxylation sites is 1. The lowest BCUT2D eigenvalue weighted by Crippen LogP contribution is -2.43. The van der Waals surface area contributed by atoms with E-state index in [2.05, 4.69) is 27.8 Å². The van der Waals surface area contributed by atoms with Crippen LogP contribution in [0.4, 0.5) is 0 Å². The fraction of sp³-hybridized carbons (Fsp3) is 0.391. The predicted molar refractivity (Wildman–Crippen MR) is 117 cm³/mol. The Morgan fingerprint density at radius 2 is 2.17 bits per heavy atom. The quantitative estimate of drug-likeness (QED) is 0.677. The van der Waals surface area contributed by atoms with Gasteiger partial charge >= 0.3 is 0 Å². The topological polar surface area (TPSA) is 68.2 Å². The molecule has 1 spiro atoms. The zero-order valence-corrected chi connectivity index (χ0v) is 17.9. The lowest BCUT2D eigenvalue weighted by molar-refractivity contribution is -0.0771. The van der Waals surface area contributed by atoms with Gasteiger partial charge in [0.2, 0.25) is 0 Å². The Bertz CT molecular complexity index is 1060. The highest BCUT2D eigenvalue weighted by molar-refractivity contribution is 7.14. The molecule has 2 N–H and O–H groups in total. The number of thiophene rings is 1. The molecule has 1 fully saturated rings. The summed E-state index contributed by atoms with van der Waals surface area (Å²) >= 11 is 1.61. The Morgan fingerprint density at radius 1 is 1.33 bits per heavy atom. The zero-order chi connectivity index (χ0) is 20.6. The first kappa shape index (κ1) is 19.5. The summed E-state index contributed by atoms with van der Waals surface area (Å²) in [4.78, 5) is 19.4. The molecular weight excluding hydrogens is 396 g/mol. The van der Waals surface area contributed by atoms with Crippen LogP contribution in [0.3, 0.4) is 0 Å². The van der Waals surface area contributed by atoms with Gasteiger partial charge in [0.1, 0.15) is 11.4 Å². The summed E-state index contributed by atoms with van der Waals surface area (Å²) in [6.07, 6.45) is 6.57. The van der Waals surface area contributed by atoms with Crippen molar-refractivity contribution in [2.24, 2.45) is 0 Å². The van der Waals surface area contributed by atoms with Crippen molar-refractivity contribution in [3.8, 4) is 5.69 Å². The Balaban J connectivity index is 1.35. The number of fused-ring (bicyclic) bond motifs is 2. The Hall–Kier alpha value is -2.48. The average molecular weight is 423 g/mol. The molecule has 0 aliphatic carbocycles. The lowest BCUT2D eigenvalue weighted by atomic mass is 9.86. The van der Waals surface area contributed by atoms with Gasteiger partial charge in [-0.2, -0.15) is 0 Å². The van der Waals surface area contributed by atoms with Crippen LogP contribution >= 0.6 is 11.3 Å². The second-order valence-electron chi connectivity index (χ2n) is 7.96. The van der Waals surface area contributed by atoms with Crippen molar-refractivity contribution in [3.05, 3.63) is 69.4 Å². The molecule has 5 rings (SSSR count). The molecule has 1 aromatic carbocycles. The fourth-order valence-electron chi connectivity index (χ4n) is 4.53. The molecular formula is C23H26N4O2S. The van der Waals surface area contributed by atoms with Gasteiger partial charge in [-0.25, -0.2) is 4.98 Å². The summed E-state index contributed by atoms with van der Waals surface area (Å²) in [7, 11) is 0. The molecule has 0 atom stereocenters. The van der Waals surface area contributed by atoms with Crippen LogP contribution in [-0.2, 0) is 23.3 Å². The second kappa shape index (κ2) is 7.98. The van der Waals surface area contributed by atoms with E-state index in [4.69, 9.17) is 4.74 Å². The number of aryl methyl sites for hydroxylation is 1. The van der Waals surface area contributed by atoms with E-state index in [-0.39, 0.29) is 11.5 Å². The normalized spacial score (nSPS) is 17.6. The zero-order valence-electron chi connectivity index (χ0n) is 17.1. The fourth-order valence-corrected chi connectivity index (χ4v) is 5.85. The van der Waals surface area contributed by atoms with Crippen molar-refractivity contribution in [1.82, 2.24) is 20.2 Å². The minimum absolute atomic E-state index is 0.0179. The molecule has 1 amide bonds. The van der Waals surface area contributed by atoms with Gasteiger partial charge < -0.3 is 19.9 Å². The number of imidazole rings is 1. The van der Waals surface area contributed by atoms with Crippen LogP contribution in [0.2, 0.25) is 0 Å². The van der Waals surface area contributed by atoms with Crippen molar-refractivity contribution < 1.29 is 9.53 Å². The smallest absolute Gasteiger partial charge is 0.261 e. The van der Waals surface area contributed by atoms with Crippen LogP contribution in [0.1, 0.15) is 44.3 Å². The molecule has 2 aromatic heterocycles. The summed E-state index contributed by atoms with van der Waals surface area (Å²) in [5, 5.41) is 6.54. The summed E-state index contributed by atoms with van der Waals surface area (Å²) in [6, 6.07) is 10.2. The van der Waals surface area contributed by atoms with Crippen LogP contribution in [0.15, 0.2) is 42.7 Å². The first-order chi connectivity index (χ1) is 14.7. The van der Waals surface area contributed by atoms with Gasteiger partial charge in [0.15, 0.2) is 0 Å². The molecule has 4 heterocycles. The molecule has 3 aromatic rings. The van der Waals surface area contributed by atoms with E-state index in [1.54, 1.807) is 17.5 Å². The maximum atomic E-state index is 13.0. The molecule has 0 radical (unpaired) electrons. The Labute approximate surface area is 180 Å². The number of carbonyl (C=O) groups excluding carboxylic acids is 1. The molecule has 0 saturated carbocycles. The summed E-state index contributed by atoms with van der Waals surface area (Å²) < 4.78 is 8.30. The highest BCUT2D eigenvalue weighted by Crippen LogP contribution is 2.44. The number of hydrogen-bond donors (Lipinski definition) is 2. The maximum absolute atomic E-state index is 13.0. The molecule has 2 aliphatic rings. The average Bonchev–Trinajstić information content (AvgIpc) is 3.40. The van der Waals surface area contributed by atoms with E-state index in [9.17, 15) is 4.79 Å². The first-order valence-corrected chi connectivity index (χ1v) is 11.3. The number of nitrogens with one attached hydrogen (secondary N) is 2. The number of aromatic nitrogens is 2. The van der Waals surface area contributed by atoms with Crippen molar-refractivity contribution in [3.63, 3.8) is 0 Å². The largest absolute Gasteiger partial charge is 0.369 e. The lowest BCUT2D eigenvalue weighted by Gasteiger charge is -2.40. The molecule has 1 saturated heterocycles. The van der Waals surface area contributed by atoms with Crippen LogP contribution in [-0.4, -0.2) is 35.2 Å². The summed E-state index contributed by atoms with van der Waals surface area (Å²) in [5.74, 6) is 0.905. The van der Waals surface area contributed by atoms with E-state index in [1.807, 2.05) is 35.9 Å². The predicted octanol–water partition coefficient (Wildman–Crippen LogP) is 3.32. The van der Waals surface area contributed by atoms with E-state index < -0.39 is 0 Å². The molecule has 6 nitrogen and oxygen atoms in total. The summed E-state index contributed by atoms with van der Waals surface area (Å²) in [5.41, 5.74) is 3.19. The number of hydrogen-bond acceptors (Lipinski definition) is 5. The number of benzene rings is 1. The highest BCUT2D eigenvalue weighted by atomic mass is 32.1. The van der Waals surface area contributed by atoms with Crippen molar-refractivity contribution >= 4 is 17.2 Å². The van der Waals surface area contributed by atoms with E-state index in [0.717, 1.165) is 60.9 Å². The SMILES string of the molecule is Cc1nccn1-c1ccccc1CNC(=O)c1cc2c(s1)C1(CCNCC1)OCC2. The number of amides is 1. The monoisotopic (exact) mass is 422 g/mol. The van der Waals surface area contributed by atoms with Crippen molar-refractivity contribution in [2.75, 3.05) is 19.7 Å². The van der Waals surface area contributed by atoms with Crippen LogP contribution in [0.25, 0.3) is 5.69 Å². The van der Waals surface area contributed by atoms with Gasteiger partial charge in [-0.1, -0.05) is 18.2 Å². The Kier molecular flexibility index (Phi) is 5.18. The van der Waals surface area contributed by atoms with Gasteiger partial charge in [-0.05, 0) is 62.5 Å².